The average molecular weight is 254 g/mol. The summed E-state index contributed by atoms with van der Waals surface area (Å²) in [5, 5.41) is 0. The zero-order chi connectivity index (χ0) is 13.3. The van der Waals surface area contributed by atoms with Crippen LogP contribution in [0.15, 0.2) is 18.2 Å². The maximum absolute atomic E-state index is 13.9. The van der Waals surface area contributed by atoms with Gasteiger partial charge in [-0.2, -0.15) is 0 Å². The van der Waals surface area contributed by atoms with Crippen molar-refractivity contribution >= 4 is 0 Å². The number of halogens is 2. The second-order valence-electron chi connectivity index (χ2n) is 5.30. The third kappa shape index (κ3) is 2.70. The quantitative estimate of drug-likeness (QED) is 0.879. The normalized spacial score (nSPS) is 25.7. The molecule has 0 radical (unpaired) electrons. The fraction of sp³-hybridized carbons (Fsp3) is 0.571. The Morgan fingerprint density at radius 1 is 1.33 bits per heavy atom. The van der Waals surface area contributed by atoms with Gasteiger partial charge in [0.05, 0.1) is 0 Å². The van der Waals surface area contributed by atoms with Crippen molar-refractivity contribution in [3.8, 4) is 0 Å². The van der Waals surface area contributed by atoms with Gasteiger partial charge in [0.15, 0.2) is 0 Å². The van der Waals surface area contributed by atoms with Crippen molar-refractivity contribution in [1.82, 2.24) is 4.90 Å². The van der Waals surface area contributed by atoms with E-state index in [1.807, 2.05) is 0 Å². The first kappa shape index (κ1) is 13.4. The van der Waals surface area contributed by atoms with E-state index in [1.165, 1.54) is 6.07 Å². The molecule has 1 unspecified atom stereocenters. The lowest BCUT2D eigenvalue weighted by molar-refractivity contribution is 0.0990. The minimum Gasteiger partial charge on any atom is -0.328 e. The molecule has 1 aromatic rings. The molecule has 2 rings (SSSR count). The predicted octanol–water partition coefficient (Wildman–Crippen LogP) is 2.84. The lowest BCUT2D eigenvalue weighted by Crippen LogP contribution is -2.45. The Bertz CT molecular complexity index is 420. The molecule has 0 aromatic heterocycles. The summed E-state index contributed by atoms with van der Waals surface area (Å²) in [6, 6.07) is 4.18. The molecule has 4 heteroatoms. The fourth-order valence-electron chi connectivity index (χ4n) is 2.71. The smallest absolute Gasteiger partial charge is 0.130 e. The van der Waals surface area contributed by atoms with Gasteiger partial charge in [-0.25, -0.2) is 8.78 Å². The number of nitrogens with zero attached hydrogens (tertiary/aromatic N) is 1. The monoisotopic (exact) mass is 254 g/mol. The van der Waals surface area contributed by atoms with Gasteiger partial charge in [0.1, 0.15) is 11.6 Å². The van der Waals surface area contributed by atoms with Gasteiger partial charge in [0.2, 0.25) is 0 Å². The summed E-state index contributed by atoms with van der Waals surface area (Å²) in [4.78, 5) is 2.24. The number of piperidine rings is 1. The Labute approximate surface area is 107 Å². The van der Waals surface area contributed by atoms with Crippen LogP contribution >= 0.6 is 0 Å². The van der Waals surface area contributed by atoms with E-state index in [1.54, 1.807) is 6.07 Å². The first-order chi connectivity index (χ1) is 8.49. The number of nitrogens with two attached hydrogens (primary N) is 1. The van der Waals surface area contributed by atoms with E-state index < -0.39 is 11.6 Å². The van der Waals surface area contributed by atoms with Crippen LogP contribution < -0.4 is 5.73 Å². The van der Waals surface area contributed by atoms with Crippen molar-refractivity contribution in [3.05, 3.63) is 35.4 Å². The van der Waals surface area contributed by atoms with Crippen LogP contribution in [0.4, 0.5) is 8.78 Å². The topological polar surface area (TPSA) is 29.3 Å². The summed E-state index contributed by atoms with van der Waals surface area (Å²) in [6.07, 6.45) is 1.65. The number of hydrogen-bond donors (Lipinski definition) is 1. The Kier molecular flexibility index (Phi) is 3.97. The molecule has 2 N–H and O–H groups in total. The summed E-state index contributed by atoms with van der Waals surface area (Å²) in [7, 11) is 0. The minimum absolute atomic E-state index is 0.0469. The summed E-state index contributed by atoms with van der Waals surface area (Å²) >= 11 is 0. The summed E-state index contributed by atoms with van der Waals surface area (Å²) in [5.41, 5.74) is 6.54. The molecule has 1 aromatic carbocycles. The Hall–Kier alpha value is -1.00. The first-order valence-electron chi connectivity index (χ1n) is 6.45. The van der Waals surface area contributed by atoms with Crippen molar-refractivity contribution in [1.29, 1.82) is 0 Å². The van der Waals surface area contributed by atoms with E-state index >= 15 is 0 Å². The van der Waals surface area contributed by atoms with Crippen molar-refractivity contribution in [2.24, 2.45) is 5.73 Å². The molecular formula is C14H20F2N2. The third-order valence-corrected chi connectivity index (χ3v) is 3.67. The summed E-state index contributed by atoms with van der Waals surface area (Å²) in [5.74, 6) is -1.01. The zero-order valence-corrected chi connectivity index (χ0v) is 10.9. The van der Waals surface area contributed by atoms with Crippen molar-refractivity contribution < 1.29 is 8.78 Å². The first-order valence-corrected chi connectivity index (χ1v) is 6.45. The molecule has 0 saturated carbocycles. The van der Waals surface area contributed by atoms with Gasteiger partial charge in [-0.05, 0) is 32.8 Å². The van der Waals surface area contributed by atoms with Crippen LogP contribution in [0.3, 0.4) is 0 Å². The highest BCUT2D eigenvalue weighted by Crippen LogP contribution is 2.33. The molecule has 1 saturated heterocycles. The van der Waals surface area contributed by atoms with Crippen molar-refractivity contribution in [2.75, 3.05) is 6.54 Å². The zero-order valence-electron chi connectivity index (χ0n) is 10.9. The molecule has 1 fully saturated rings. The van der Waals surface area contributed by atoms with Crippen LogP contribution in [0.5, 0.6) is 0 Å². The minimum atomic E-state index is -0.535. The lowest BCUT2D eigenvalue weighted by atomic mass is 9.91. The molecular weight excluding hydrogens is 234 g/mol. The molecule has 18 heavy (non-hydrogen) atoms. The third-order valence-electron chi connectivity index (χ3n) is 3.67. The van der Waals surface area contributed by atoms with Gasteiger partial charge in [-0.15, -0.1) is 0 Å². The molecule has 100 valence electrons. The van der Waals surface area contributed by atoms with Gasteiger partial charge in [-0.3, -0.25) is 4.90 Å². The van der Waals surface area contributed by atoms with Gasteiger partial charge >= 0.3 is 0 Å². The van der Waals surface area contributed by atoms with E-state index in [0.29, 0.717) is 11.6 Å². The highest BCUT2D eigenvalue weighted by Gasteiger charge is 2.31. The van der Waals surface area contributed by atoms with Crippen molar-refractivity contribution in [3.63, 3.8) is 0 Å². The second kappa shape index (κ2) is 5.33. The van der Waals surface area contributed by atoms with E-state index in [-0.39, 0.29) is 12.1 Å². The van der Waals surface area contributed by atoms with Crippen LogP contribution in [0.2, 0.25) is 0 Å². The van der Waals surface area contributed by atoms with Gasteiger partial charge in [0.25, 0.3) is 0 Å². The van der Waals surface area contributed by atoms with E-state index in [9.17, 15) is 8.78 Å². The number of rotatable bonds is 2. The molecule has 1 heterocycles. The maximum atomic E-state index is 13.9. The molecule has 1 aliphatic rings. The number of benzene rings is 1. The standard InChI is InChI=1S/C14H20F2N2/c1-9(2)18-6-5-11(17)8-14(18)12-4-3-10(15)7-13(12)16/h3-4,7,9,11,14H,5-6,8,17H2,1-2H3/t11?,14-/m0/s1. The molecule has 2 atom stereocenters. The van der Waals surface area contributed by atoms with Gasteiger partial charge in [-0.1, -0.05) is 6.07 Å². The molecule has 0 amide bonds. The van der Waals surface area contributed by atoms with Crippen LogP contribution in [0.1, 0.15) is 38.3 Å². The van der Waals surface area contributed by atoms with Gasteiger partial charge in [0, 0.05) is 36.3 Å². The van der Waals surface area contributed by atoms with E-state index in [0.717, 1.165) is 25.5 Å². The molecule has 2 nitrogen and oxygen atoms in total. The summed E-state index contributed by atoms with van der Waals surface area (Å²) < 4.78 is 26.9. The predicted molar refractivity (Wildman–Crippen MR) is 68.2 cm³/mol. The van der Waals surface area contributed by atoms with Crippen LogP contribution in [-0.2, 0) is 0 Å². The SMILES string of the molecule is CC(C)N1CCC(N)C[C@H]1c1ccc(F)cc1F. The number of likely N-dealkylation sites (tertiary alicyclic amines) is 1. The molecule has 1 aliphatic heterocycles. The van der Waals surface area contributed by atoms with E-state index in [4.69, 9.17) is 5.73 Å². The highest BCUT2D eigenvalue weighted by atomic mass is 19.1. The Balaban J connectivity index is 2.32. The maximum Gasteiger partial charge on any atom is 0.130 e. The molecule has 0 spiro atoms. The van der Waals surface area contributed by atoms with E-state index in [2.05, 4.69) is 18.7 Å². The summed E-state index contributed by atoms with van der Waals surface area (Å²) in [6.45, 7) is 5.04. The fourth-order valence-corrected chi connectivity index (χ4v) is 2.71. The lowest BCUT2D eigenvalue weighted by Gasteiger charge is -2.41. The van der Waals surface area contributed by atoms with Crippen LogP contribution in [0.25, 0.3) is 0 Å². The molecule has 0 bridgehead atoms. The highest BCUT2D eigenvalue weighted by molar-refractivity contribution is 5.23. The largest absolute Gasteiger partial charge is 0.328 e. The molecule has 0 aliphatic carbocycles. The van der Waals surface area contributed by atoms with Gasteiger partial charge < -0.3 is 5.73 Å². The van der Waals surface area contributed by atoms with Crippen LogP contribution in [0, 0.1) is 11.6 Å². The van der Waals surface area contributed by atoms with Crippen LogP contribution in [-0.4, -0.2) is 23.5 Å². The van der Waals surface area contributed by atoms with Crippen molar-refractivity contribution in [2.45, 2.75) is 44.8 Å². The second-order valence-corrected chi connectivity index (χ2v) is 5.30. The Morgan fingerprint density at radius 2 is 2.06 bits per heavy atom. The Morgan fingerprint density at radius 3 is 2.67 bits per heavy atom. The number of hydrogen-bond acceptors (Lipinski definition) is 2. The average Bonchev–Trinajstić information content (AvgIpc) is 2.28.